The number of carbonyl (C=O) groups excluding carboxylic acids is 1. The van der Waals surface area contributed by atoms with Crippen molar-refractivity contribution in [2.45, 2.75) is 62.1 Å². The van der Waals surface area contributed by atoms with Crippen molar-refractivity contribution in [1.29, 1.82) is 0 Å². The molecule has 150 valence electrons. The highest BCUT2D eigenvalue weighted by molar-refractivity contribution is 8.00. The monoisotopic (exact) mass is 403 g/mol. The highest BCUT2D eigenvalue weighted by Gasteiger charge is 2.29. The van der Waals surface area contributed by atoms with Crippen molar-refractivity contribution >= 4 is 17.7 Å². The van der Waals surface area contributed by atoms with Gasteiger partial charge in [0.05, 0.1) is 5.25 Å². The second-order valence-corrected chi connectivity index (χ2v) is 8.70. The smallest absolute Gasteiger partial charge is 0.277 e. The molecule has 2 aliphatic rings. The fraction of sp³-hybridized carbons (Fsp3) is 0.550. The quantitative estimate of drug-likeness (QED) is 0.761. The molecule has 1 aliphatic carbocycles. The summed E-state index contributed by atoms with van der Waals surface area (Å²) in [5, 5.41) is 11.4. The van der Waals surface area contributed by atoms with Crippen molar-refractivity contribution in [2.24, 2.45) is 5.92 Å². The van der Waals surface area contributed by atoms with Crippen LogP contribution in [0.4, 0.5) is 0 Å². The van der Waals surface area contributed by atoms with Crippen LogP contribution in [-0.4, -0.2) is 34.0 Å². The van der Waals surface area contributed by atoms with Crippen molar-refractivity contribution in [1.82, 2.24) is 15.5 Å². The third-order valence-electron chi connectivity index (χ3n) is 5.29. The first kappa shape index (κ1) is 19.1. The topological polar surface area (TPSA) is 86.5 Å². The fourth-order valence-corrected chi connectivity index (χ4v) is 4.27. The largest absolute Gasteiger partial charge is 0.485 e. The number of aromatic nitrogens is 2. The molecular formula is C20H25N3O4S. The summed E-state index contributed by atoms with van der Waals surface area (Å²) in [6.07, 6.45) is 4.20. The lowest BCUT2D eigenvalue weighted by Crippen LogP contribution is -2.44. The lowest BCUT2D eigenvalue weighted by molar-refractivity contribution is -0.121. The lowest BCUT2D eigenvalue weighted by atomic mass is 9.86. The SMILES string of the molecule is C[C@H](Sc1nnc([C@@H]2COc3ccccc3O2)o1)C(=O)N[C@H]1CCCC[C@@H]1C. The molecule has 1 fully saturated rings. The van der Waals surface area contributed by atoms with Crippen LogP contribution in [0.2, 0.25) is 0 Å². The minimum atomic E-state index is -0.455. The number of nitrogens with zero attached hydrogens (tertiary/aromatic N) is 2. The molecule has 0 spiro atoms. The van der Waals surface area contributed by atoms with Crippen molar-refractivity contribution in [3.05, 3.63) is 30.2 Å². The third kappa shape index (κ3) is 4.27. The van der Waals surface area contributed by atoms with E-state index in [4.69, 9.17) is 13.9 Å². The Balaban J connectivity index is 1.33. The Morgan fingerprint density at radius 1 is 1.21 bits per heavy atom. The summed E-state index contributed by atoms with van der Waals surface area (Å²) < 4.78 is 17.3. The molecule has 2 heterocycles. The molecule has 1 aliphatic heterocycles. The highest BCUT2D eigenvalue weighted by atomic mass is 32.2. The van der Waals surface area contributed by atoms with Crippen molar-refractivity contribution in [3.8, 4) is 11.5 Å². The first-order valence-corrected chi connectivity index (χ1v) is 10.7. The number of rotatable bonds is 5. The van der Waals surface area contributed by atoms with Crippen LogP contribution in [0.25, 0.3) is 0 Å². The van der Waals surface area contributed by atoms with E-state index in [0.29, 0.717) is 35.1 Å². The molecular weight excluding hydrogens is 378 g/mol. The van der Waals surface area contributed by atoms with Gasteiger partial charge in [-0.25, -0.2) is 0 Å². The molecule has 0 saturated heterocycles. The Morgan fingerprint density at radius 3 is 2.82 bits per heavy atom. The Morgan fingerprint density at radius 2 is 2.00 bits per heavy atom. The van der Waals surface area contributed by atoms with E-state index >= 15 is 0 Å². The predicted molar refractivity (Wildman–Crippen MR) is 104 cm³/mol. The third-order valence-corrected chi connectivity index (χ3v) is 6.23. The van der Waals surface area contributed by atoms with Gasteiger partial charge in [0.2, 0.25) is 12.0 Å². The van der Waals surface area contributed by atoms with Gasteiger partial charge in [0.25, 0.3) is 11.1 Å². The van der Waals surface area contributed by atoms with Gasteiger partial charge in [-0.05, 0) is 37.8 Å². The molecule has 0 radical (unpaired) electrons. The predicted octanol–water partition coefficient (Wildman–Crippen LogP) is 3.76. The average molecular weight is 404 g/mol. The normalized spacial score (nSPS) is 25.1. The first-order valence-electron chi connectivity index (χ1n) is 9.79. The van der Waals surface area contributed by atoms with Crippen molar-refractivity contribution in [3.63, 3.8) is 0 Å². The lowest BCUT2D eigenvalue weighted by Gasteiger charge is -2.30. The zero-order valence-electron chi connectivity index (χ0n) is 16.1. The van der Waals surface area contributed by atoms with Gasteiger partial charge in [-0.3, -0.25) is 4.79 Å². The average Bonchev–Trinajstić information content (AvgIpc) is 3.17. The maximum Gasteiger partial charge on any atom is 0.277 e. The van der Waals surface area contributed by atoms with Gasteiger partial charge in [-0.2, -0.15) is 0 Å². The number of carbonyl (C=O) groups is 1. The number of benzene rings is 1. The standard InChI is InChI=1S/C20H25N3O4S/c1-12-7-3-4-8-14(12)21-18(24)13(2)28-20-23-22-19(27-20)17-11-25-15-9-5-6-10-16(15)26-17/h5-6,9-10,12-14,17H,3-4,7-8,11H2,1-2H3,(H,21,24)/t12-,13-,14-,17-/m0/s1. The Bertz CT molecular complexity index is 827. The van der Waals surface area contributed by atoms with Gasteiger partial charge >= 0.3 is 0 Å². The molecule has 28 heavy (non-hydrogen) atoms. The summed E-state index contributed by atoms with van der Waals surface area (Å²) in [6.45, 7) is 4.36. The first-order chi connectivity index (χ1) is 13.6. The molecule has 4 atom stereocenters. The van der Waals surface area contributed by atoms with Gasteiger partial charge in [0, 0.05) is 6.04 Å². The van der Waals surface area contributed by atoms with Crippen LogP contribution in [-0.2, 0) is 4.79 Å². The fourth-order valence-electron chi connectivity index (χ4n) is 3.57. The number of hydrogen-bond acceptors (Lipinski definition) is 7. The minimum absolute atomic E-state index is 0.00896. The number of thioether (sulfide) groups is 1. The van der Waals surface area contributed by atoms with E-state index in [1.54, 1.807) is 0 Å². The van der Waals surface area contributed by atoms with Gasteiger partial charge in [0.15, 0.2) is 11.5 Å². The van der Waals surface area contributed by atoms with Crippen LogP contribution < -0.4 is 14.8 Å². The molecule has 1 N–H and O–H groups in total. The molecule has 1 aromatic heterocycles. The molecule has 0 bridgehead atoms. The van der Waals surface area contributed by atoms with E-state index in [1.807, 2.05) is 31.2 Å². The van der Waals surface area contributed by atoms with E-state index in [0.717, 1.165) is 6.42 Å². The Hall–Kier alpha value is -2.22. The van der Waals surface area contributed by atoms with E-state index in [2.05, 4.69) is 22.4 Å². The second kappa shape index (κ2) is 8.43. The molecule has 1 saturated carbocycles. The van der Waals surface area contributed by atoms with E-state index in [1.165, 1.54) is 31.0 Å². The van der Waals surface area contributed by atoms with Gasteiger partial charge < -0.3 is 19.2 Å². The van der Waals surface area contributed by atoms with Gasteiger partial charge in [0.1, 0.15) is 6.61 Å². The summed E-state index contributed by atoms with van der Waals surface area (Å²) in [7, 11) is 0. The van der Waals surface area contributed by atoms with E-state index in [-0.39, 0.29) is 17.2 Å². The van der Waals surface area contributed by atoms with Crippen LogP contribution in [0, 0.1) is 5.92 Å². The number of amides is 1. The summed E-state index contributed by atoms with van der Waals surface area (Å²) in [6, 6.07) is 7.73. The molecule has 0 unspecified atom stereocenters. The van der Waals surface area contributed by atoms with Gasteiger partial charge in [-0.15, -0.1) is 10.2 Å². The molecule has 7 nitrogen and oxygen atoms in total. The maximum absolute atomic E-state index is 12.5. The summed E-state index contributed by atoms with van der Waals surface area (Å²) in [5.41, 5.74) is 0. The molecule has 1 amide bonds. The molecule has 1 aromatic carbocycles. The summed E-state index contributed by atoms with van der Waals surface area (Å²) in [4.78, 5) is 12.5. The number of ether oxygens (including phenoxy) is 2. The van der Waals surface area contributed by atoms with E-state index in [9.17, 15) is 4.79 Å². The number of para-hydroxylation sites is 2. The van der Waals surface area contributed by atoms with Crippen LogP contribution >= 0.6 is 11.8 Å². The molecule has 4 rings (SSSR count). The summed E-state index contributed by atoms with van der Waals surface area (Å²) >= 11 is 1.26. The van der Waals surface area contributed by atoms with Crippen LogP contribution in [0.3, 0.4) is 0 Å². The maximum atomic E-state index is 12.5. The molecule has 8 heteroatoms. The van der Waals surface area contributed by atoms with Crippen molar-refractivity contribution < 1.29 is 18.7 Å². The zero-order chi connectivity index (χ0) is 19.5. The Kier molecular flexibility index (Phi) is 5.75. The van der Waals surface area contributed by atoms with Crippen LogP contribution in [0.15, 0.2) is 33.9 Å². The Labute approximate surface area is 168 Å². The number of fused-ring (bicyclic) bond motifs is 1. The van der Waals surface area contributed by atoms with E-state index < -0.39 is 6.10 Å². The van der Waals surface area contributed by atoms with Crippen molar-refractivity contribution in [2.75, 3.05) is 6.61 Å². The zero-order valence-corrected chi connectivity index (χ0v) is 16.9. The number of hydrogen-bond donors (Lipinski definition) is 1. The second-order valence-electron chi connectivity index (χ2n) is 7.41. The summed E-state index contributed by atoms with van der Waals surface area (Å²) in [5.74, 6) is 2.24. The molecule has 2 aromatic rings. The van der Waals surface area contributed by atoms with Crippen LogP contribution in [0.1, 0.15) is 51.5 Å². The highest BCUT2D eigenvalue weighted by Crippen LogP contribution is 2.36. The van der Waals surface area contributed by atoms with Crippen LogP contribution in [0.5, 0.6) is 11.5 Å². The minimum Gasteiger partial charge on any atom is -0.485 e. The number of nitrogens with one attached hydrogen (secondary N) is 1. The van der Waals surface area contributed by atoms with Gasteiger partial charge in [-0.1, -0.05) is 43.7 Å².